The van der Waals surface area contributed by atoms with Gasteiger partial charge in [0.05, 0.1) is 12.8 Å². The van der Waals surface area contributed by atoms with Crippen LogP contribution in [-0.2, 0) is 4.79 Å². The maximum Gasteiger partial charge on any atom is 0.280 e. The van der Waals surface area contributed by atoms with Crippen LogP contribution in [0.1, 0.15) is 19.4 Å². The molecule has 0 aromatic heterocycles. The minimum absolute atomic E-state index is 0.341. The van der Waals surface area contributed by atoms with Gasteiger partial charge in [0.25, 0.3) is 5.91 Å². The number of benzene rings is 3. The zero-order valence-electron chi connectivity index (χ0n) is 16.8. The van der Waals surface area contributed by atoms with Crippen LogP contribution in [0.15, 0.2) is 82.4 Å². The molecule has 0 aliphatic carbocycles. The van der Waals surface area contributed by atoms with Crippen molar-refractivity contribution in [2.45, 2.75) is 20.0 Å². The molecule has 3 aromatic rings. The first kappa shape index (κ1) is 21.6. The van der Waals surface area contributed by atoms with Gasteiger partial charge < -0.3 is 9.47 Å². The second kappa shape index (κ2) is 10.6. The molecule has 1 atom stereocenters. The van der Waals surface area contributed by atoms with Gasteiger partial charge in [-0.05, 0) is 55.3 Å². The second-order valence-corrected chi connectivity index (χ2v) is 7.42. The predicted octanol–water partition coefficient (Wildman–Crippen LogP) is 5.43. The minimum Gasteiger partial charge on any atom is -0.493 e. The maximum atomic E-state index is 12.3. The molecular formula is C24H23BrN2O3. The van der Waals surface area contributed by atoms with E-state index in [1.165, 1.54) is 0 Å². The van der Waals surface area contributed by atoms with Gasteiger partial charge >= 0.3 is 0 Å². The predicted molar refractivity (Wildman–Crippen MR) is 123 cm³/mol. The van der Waals surface area contributed by atoms with E-state index >= 15 is 0 Å². The Balaban J connectivity index is 1.57. The van der Waals surface area contributed by atoms with E-state index in [4.69, 9.17) is 9.47 Å². The largest absolute Gasteiger partial charge is 0.493 e. The van der Waals surface area contributed by atoms with Gasteiger partial charge in [0.2, 0.25) is 0 Å². The summed E-state index contributed by atoms with van der Waals surface area (Å²) in [6.07, 6.45) is 0.855. The Bertz CT molecular complexity index is 1000. The summed E-state index contributed by atoms with van der Waals surface area (Å²) >= 11 is 3.42. The van der Waals surface area contributed by atoms with Crippen LogP contribution in [0.3, 0.4) is 0 Å². The first-order valence-corrected chi connectivity index (χ1v) is 10.4. The van der Waals surface area contributed by atoms with Crippen LogP contribution in [0, 0.1) is 0 Å². The fourth-order valence-electron chi connectivity index (χ4n) is 2.78. The molecule has 6 heteroatoms. The summed E-state index contributed by atoms with van der Waals surface area (Å²) in [7, 11) is 0. The number of carbonyl (C=O) groups is 1. The van der Waals surface area contributed by atoms with Crippen LogP contribution in [0.4, 0.5) is 0 Å². The average molecular weight is 467 g/mol. The average Bonchev–Trinajstić information content (AvgIpc) is 2.76. The molecule has 5 nitrogen and oxygen atoms in total. The van der Waals surface area contributed by atoms with Gasteiger partial charge in [-0.25, -0.2) is 5.43 Å². The number of ether oxygens (including phenoxy) is 2. The molecule has 0 spiro atoms. The number of hydrogen-bond acceptors (Lipinski definition) is 4. The highest BCUT2D eigenvalue weighted by Crippen LogP contribution is 2.23. The quantitative estimate of drug-likeness (QED) is 0.355. The maximum absolute atomic E-state index is 12.3. The van der Waals surface area contributed by atoms with E-state index in [9.17, 15) is 4.79 Å². The molecule has 1 amide bonds. The summed E-state index contributed by atoms with van der Waals surface area (Å²) in [5.74, 6) is 0.972. The Morgan fingerprint density at radius 2 is 1.77 bits per heavy atom. The fourth-order valence-corrected chi connectivity index (χ4v) is 3.16. The topological polar surface area (TPSA) is 59.9 Å². The van der Waals surface area contributed by atoms with E-state index < -0.39 is 6.10 Å². The second-order valence-electron chi connectivity index (χ2n) is 6.50. The number of halogens is 1. The smallest absolute Gasteiger partial charge is 0.280 e. The number of hydrazone groups is 1. The molecule has 0 aliphatic rings. The summed E-state index contributed by atoms with van der Waals surface area (Å²) in [6.45, 7) is 4.14. The Morgan fingerprint density at radius 3 is 2.47 bits per heavy atom. The van der Waals surface area contributed by atoms with Crippen LogP contribution in [0.25, 0.3) is 11.1 Å². The number of nitrogens with zero attached hydrogens (tertiary/aromatic N) is 1. The molecule has 1 N–H and O–H groups in total. The molecule has 0 saturated carbocycles. The number of rotatable bonds is 8. The molecular weight excluding hydrogens is 444 g/mol. The summed E-state index contributed by atoms with van der Waals surface area (Å²) in [5, 5.41) is 4.04. The third-order valence-electron chi connectivity index (χ3n) is 4.29. The van der Waals surface area contributed by atoms with Gasteiger partial charge in [-0.15, -0.1) is 0 Å². The molecule has 0 heterocycles. The zero-order chi connectivity index (χ0) is 21.3. The number of nitrogens with one attached hydrogen (secondary N) is 1. The van der Waals surface area contributed by atoms with Gasteiger partial charge in [-0.2, -0.15) is 5.10 Å². The lowest BCUT2D eigenvalue weighted by Crippen LogP contribution is -2.33. The highest BCUT2D eigenvalue weighted by molar-refractivity contribution is 9.10. The monoisotopic (exact) mass is 466 g/mol. The van der Waals surface area contributed by atoms with Gasteiger partial charge in [-0.1, -0.05) is 58.4 Å². The van der Waals surface area contributed by atoms with Gasteiger partial charge in [0, 0.05) is 10.0 Å². The molecule has 0 saturated heterocycles. The Morgan fingerprint density at radius 1 is 1.07 bits per heavy atom. The normalized spacial score (nSPS) is 11.8. The van der Waals surface area contributed by atoms with Crippen molar-refractivity contribution in [3.63, 3.8) is 0 Å². The zero-order valence-corrected chi connectivity index (χ0v) is 18.4. The summed E-state index contributed by atoms with van der Waals surface area (Å²) in [5.41, 5.74) is 5.49. The number of carbonyl (C=O) groups excluding carboxylic acids is 1. The third kappa shape index (κ3) is 5.94. The molecule has 0 radical (unpaired) electrons. The van der Waals surface area contributed by atoms with E-state index in [-0.39, 0.29) is 5.91 Å². The molecule has 3 rings (SSSR count). The van der Waals surface area contributed by atoms with E-state index in [0.29, 0.717) is 18.1 Å². The molecule has 0 bridgehead atoms. The molecule has 30 heavy (non-hydrogen) atoms. The van der Waals surface area contributed by atoms with Crippen molar-refractivity contribution in [1.82, 2.24) is 5.43 Å². The molecule has 3 aromatic carbocycles. The van der Waals surface area contributed by atoms with E-state index in [1.54, 1.807) is 13.1 Å². The number of hydrogen-bond donors (Lipinski definition) is 1. The highest BCUT2D eigenvalue weighted by atomic mass is 79.9. The lowest BCUT2D eigenvalue weighted by atomic mass is 10.1. The van der Waals surface area contributed by atoms with Crippen molar-refractivity contribution in [3.05, 3.63) is 82.8 Å². The summed E-state index contributed by atoms with van der Waals surface area (Å²) in [4.78, 5) is 12.3. The first-order valence-electron chi connectivity index (χ1n) is 9.64. The van der Waals surface area contributed by atoms with Crippen molar-refractivity contribution in [2.24, 2.45) is 5.10 Å². The van der Waals surface area contributed by atoms with Crippen molar-refractivity contribution in [2.75, 3.05) is 6.61 Å². The van der Waals surface area contributed by atoms with Crippen LogP contribution in [0.5, 0.6) is 11.5 Å². The molecule has 1 unspecified atom stereocenters. The van der Waals surface area contributed by atoms with Gasteiger partial charge in [0.1, 0.15) is 11.5 Å². The standard InChI is InChI=1S/C24H23BrN2O3/c1-3-29-23-14-11-21(25)15-20(23)16-26-27-24(28)17(2)30-22-12-9-19(10-13-22)18-7-5-4-6-8-18/h4-17H,3H2,1-2H3,(H,27,28). The SMILES string of the molecule is CCOc1ccc(Br)cc1C=NNC(=O)C(C)Oc1ccc(-c2ccccc2)cc1. The van der Waals surface area contributed by atoms with Crippen LogP contribution < -0.4 is 14.9 Å². The van der Waals surface area contributed by atoms with Crippen molar-refractivity contribution in [1.29, 1.82) is 0 Å². The highest BCUT2D eigenvalue weighted by Gasteiger charge is 2.14. The molecule has 0 fully saturated rings. The first-order chi connectivity index (χ1) is 14.6. The third-order valence-corrected chi connectivity index (χ3v) is 4.79. The van der Waals surface area contributed by atoms with Crippen LogP contribution in [0.2, 0.25) is 0 Å². The van der Waals surface area contributed by atoms with E-state index in [2.05, 4.69) is 26.5 Å². The number of amides is 1. The van der Waals surface area contributed by atoms with Gasteiger partial charge in [0.15, 0.2) is 6.10 Å². The minimum atomic E-state index is -0.696. The summed E-state index contributed by atoms with van der Waals surface area (Å²) < 4.78 is 12.2. The Labute approximate surface area is 184 Å². The van der Waals surface area contributed by atoms with Crippen molar-refractivity contribution < 1.29 is 14.3 Å². The van der Waals surface area contributed by atoms with Crippen molar-refractivity contribution >= 4 is 28.1 Å². The van der Waals surface area contributed by atoms with E-state index in [0.717, 1.165) is 21.2 Å². The Kier molecular flexibility index (Phi) is 7.63. The van der Waals surface area contributed by atoms with Crippen LogP contribution >= 0.6 is 15.9 Å². The van der Waals surface area contributed by atoms with E-state index in [1.807, 2.05) is 79.7 Å². The summed E-state index contributed by atoms with van der Waals surface area (Å²) in [6, 6.07) is 23.3. The molecule has 154 valence electrons. The molecule has 0 aliphatic heterocycles. The fraction of sp³-hybridized carbons (Fsp3) is 0.167. The lowest BCUT2D eigenvalue weighted by Gasteiger charge is -2.13. The Hall–Kier alpha value is -3.12. The van der Waals surface area contributed by atoms with Crippen LogP contribution in [-0.4, -0.2) is 24.8 Å². The lowest BCUT2D eigenvalue weighted by molar-refractivity contribution is -0.127. The van der Waals surface area contributed by atoms with Gasteiger partial charge in [-0.3, -0.25) is 4.79 Å². The van der Waals surface area contributed by atoms with Crippen molar-refractivity contribution in [3.8, 4) is 22.6 Å².